The zero-order valence-corrected chi connectivity index (χ0v) is 17.5. The number of imide groups is 1. The van der Waals surface area contributed by atoms with E-state index in [-0.39, 0.29) is 17.4 Å². The van der Waals surface area contributed by atoms with Crippen molar-refractivity contribution >= 4 is 34.9 Å². The molecule has 156 valence electrons. The van der Waals surface area contributed by atoms with E-state index >= 15 is 0 Å². The molecule has 1 aromatic carbocycles. The van der Waals surface area contributed by atoms with E-state index in [1.54, 1.807) is 30.4 Å². The molecule has 29 heavy (non-hydrogen) atoms. The lowest BCUT2D eigenvalue weighted by atomic mass is 10.2. The van der Waals surface area contributed by atoms with Crippen LogP contribution in [-0.2, 0) is 9.59 Å². The number of benzene rings is 1. The lowest BCUT2D eigenvalue weighted by molar-refractivity contribution is -0.129. The third-order valence-corrected chi connectivity index (χ3v) is 4.86. The molecule has 2 rings (SSSR count). The Kier molecular flexibility index (Phi) is 8.79. The Morgan fingerprint density at radius 2 is 2.03 bits per heavy atom. The van der Waals surface area contributed by atoms with Gasteiger partial charge in [0, 0.05) is 6.54 Å². The van der Waals surface area contributed by atoms with Gasteiger partial charge in [-0.15, -0.1) is 0 Å². The summed E-state index contributed by atoms with van der Waals surface area (Å²) in [7, 11) is 0. The van der Waals surface area contributed by atoms with Crippen LogP contribution in [0.25, 0.3) is 6.08 Å². The second kappa shape index (κ2) is 11.3. The molecule has 8 heteroatoms. The fraction of sp³-hybridized carbons (Fsp3) is 0.381. The van der Waals surface area contributed by atoms with Crippen LogP contribution in [0.3, 0.4) is 0 Å². The number of carbonyl (C=O) groups excluding carboxylic acids is 3. The van der Waals surface area contributed by atoms with Gasteiger partial charge in [0.05, 0.1) is 11.5 Å². The zero-order chi connectivity index (χ0) is 21.2. The van der Waals surface area contributed by atoms with E-state index in [9.17, 15) is 14.4 Å². The summed E-state index contributed by atoms with van der Waals surface area (Å²) in [6, 6.07) is 5.26. The Morgan fingerprint density at radius 1 is 1.24 bits per heavy atom. The maximum Gasteiger partial charge on any atom is 0.294 e. The third kappa shape index (κ3) is 6.39. The van der Waals surface area contributed by atoms with Crippen molar-refractivity contribution in [3.05, 3.63) is 41.3 Å². The summed E-state index contributed by atoms with van der Waals surface area (Å²) < 4.78 is 11.2. The van der Waals surface area contributed by atoms with Crippen molar-refractivity contribution in [2.75, 3.05) is 26.3 Å². The van der Waals surface area contributed by atoms with Crippen molar-refractivity contribution in [3.8, 4) is 11.5 Å². The summed E-state index contributed by atoms with van der Waals surface area (Å²) in [4.78, 5) is 37.9. The summed E-state index contributed by atoms with van der Waals surface area (Å²) in [6.45, 7) is 8.56. The number of nitrogens with one attached hydrogen (secondary N) is 1. The molecule has 0 aliphatic carbocycles. The van der Waals surface area contributed by atoms with Gasteiger partial charge >= 0.3 is 0 Å². The van der Waals surface area contributed by atoms with E-state index in [0.29, 0.717) is 36.8 Å². The highest BCUT2D eigenvalue weighted by Crippen LogP contribution is 2.34. The molecule has 1 aromatic rings. The van der Waals surface area contributed by atoms with Gasteiger partial charge in [0.1, 0.15) is 13.2 Å². The molecule has 0 bridgehead atoms. The molecule has 1 aliphatic heterocycles. The SMILES string of the molecule is C=CCOc1ccc(/C=C2\SC(=O)N(CC(=O)NCCCC)C2=O)cc1OCC. The minimum Gasteiger partial charge on any atom is -0.490 e. The molecule has 0 unspecified atom stereocenters. The van der Waals surface area contributed by atoms with Gasteiger partial charge in [0.15, 0.2) is 11.5 Å². The van der Waals surface area contributed by atoms with Crippen LogP contribution in [-0.4, -0.2) is 48.3 Å². The highest BCUT2D eigenvalue weighted by molar-refractivity contribution is 8.18. The standard InChI is InChI=1S/C21H26N2O5S/c1-4-7-10-22-19(24)14-23-20(25)18(29-21(23)26)13-15-8-9-16(28-11-5-2)17(12-15)27-6-3/h5,8-9,12-13H,2,4,6-7,10-11,14H2,1,3H3,(H,22,24)/b18-13-. The molecule has 3 amide bonds. The first-order chi connectivity index (χ1) is 14.0. The molecule has 1 heterocycles. The average Bonchev–Trinajstić information content (AvgIpc) is 2.95. The third-order valence-electron chi connectivity index (χ3n) is 3.95. The predicted molar refractivity (Wildman–Crippen MR) is 114 cm³/mol. The Labute approximate surface area is 175 Å². The molecular weight excluding hydrogens is 392 g/mol. The van der Waals surface area contributed by atoms with Gasteiger partial charge in [-0.25, -0.2) is 0 Å². The molecule has 0 atom stereocenters. The van der Waals surface area contributed by atoms with Crippen molar-refractivity contribution in [2.24, 2.45) is 0 Å². The second-order valence-corrected chi connectivity index (χ2v) is 7.20. The summed E-state index contributed by atoms with van der Waals surface area (Å²) in [5.41, 5.74) is 0.692. The zero-order valence-electron chi connectivity index (χ0n) is 16.7. The number of hydrogen-bond acceptors (Lipinski definition) is 6. The van der Waals surface area contributed by atoms with Crippen molar-refractivity contribution < 1.29 is 23.9 Å². The second-order valence-electron chi connectivity index (χ2n) is 6.21. The van der Waals surface area contributed by atoms with E-state index in [1.165, 1.54) is 0 Å². The molecule has 1 saturated heterocycles. The minimum absolute atomic E-state index is 0.263. The van der Waals surface area contributed by atoms with Crippen LogP contribution in [0.1, 0.15) is 32.3 Å². The maximum absolute atomic E-state index is 12.6. The summed E-state index contributed by atoms with van der Waals surface area (Å²) >= 11 is 0.817. The Hall–Kier alpha value is -2.74. The minimum atomic E-state index is -0.476. The molecule has 7 nitrogen and oxygen atoms in total. The van der Waals surface area contributed by atoms with Crippen LogP contribution in [0.4, 0.5) is 4.79 Å². The van der Waals surface area contributed by atoms with Gasteiger partial charge in [0.25, 0.3) is 11.1 Å². The summed E-state index contributed by atoms with van der Waals surface area (Å²) in [5, 5.41) is 2.25. The van der Waals surface area contributed by atoms with E-state index in [1.807, 2.05) is 13.8 Å². The largest absolute Gasteiger partial charge is 0.490 e. The van der Waals surface area contributed by atoms with E-state index < -0.39 is 11.1 Å². The van der Waals surface area contributed by atoms with E-state index in [0.717, 1.165) is 29.5 Å². The molecule has 0 radical (unpaired) electrons. The molecule has 0 saturated carbocycles. The number of thioether (sulfide) groups is 1. The fourth-order valence-electron chi connectivity index (χ4n) is 2.54. The van der Waals surface area contributed by atoms with Gasteiger partial charge in [0.2, 0.25) is 5.91 Å². The van der Waals surface area contributed by atoms with E-state index in [2.05, 4.69) is 11.9 Å². The molecular formula is C21H26N2O5S. The smallest absolute Gasteiger partial charge is 0.294 e. The van der Waals surface area contributed by atoms with Crippen LogP contribution in [0, 0.1) is 0 Å². The predicted octanol–water partition coefficient (Wildman–Crippen LogP) is 3.60. The number of rotatable bonds is 11. The Balaban J connectivity index is 2.12. The van der Waals surface area contributed by atoms with Crippen molar-refractivity contribution in [2.45, 2.75) is 26.7 Å². The van der Waals surface area contributed by atoms with Crippen LogP contribution in [0.2, 0.25) is 0 Å². The van der Waals surface area contributed by atoms with Crippen molar-refractivity contribution in [3.63, 3.8) is 0 Å². The fourth-order valence-corrected chi connectivity index (χ4v) is 3.38. The molecule has 1 aliphatic rings. The van der Waals surface area contributed by atoms with Crippen molar-refractivity contribution in [1.82, 2.24) is 10.2 Å². The average molecular weight is 419 g/mol. The first-order valence-electron chi connectivity index (χ1n) is 9.52. The van der Waals surface area contributed by atoms with Gasteiger partial charge in [-0.3, -0.25) is 19.3 Å². The van der Waals surface area contributed by atoms with Crippen molar-refractivity contribution in [1.29, 1.82) is 0 Å². The summed E-state index contributed by atoms with van der Waals surface area (Å²) in [6.07, 6.45) is 5.05. The molecule has 0 spiro atoms. The van der Waals surface area contributed by atoms with Gasteiger partial charge in [-0.2, -0.15) is 0 Å². The quantitative estimate of drug-likeness (QED) is 0.336. The highest BCUT2D eigenvalue weighted by atomic mass is 32.2. The number of unbranched alkanes of at least 4 members (excludes halogenated alkanes) is 1. The molecule has 1 fully saturated rings. The first kappa shape index (κ1) is 22.5. The van der Waals surface area contributed by atoms with Crippen LogP contribution in [0.5, 0.6) is 11.5 Å². The Morgan fingerprint density at radius 3 is 2.72 bits per heavy atom. The monoisotopic (exact) mass is 418 g/mol. The van der Waals surface area contributed by atoms with Crippen LogP contribution in [0.15, 0.2) is 35.8 Å². The van der Waals surface area contributed by atoms with Gasteiger partial charge in [-0.1, -0.05) is 32.1 Å². The number of ether oxygens (including phenoxy) is 2. The normalized spacial score (nSPS) is 15.0. The van der Waals surface area contributed by atoms with Crippen LogP contribution >= 0.6 is 11.8 Å². The summed E-state index contributed by atoms with van der Waals surface area (Å²) in [5.74, 6) is 0.290. The Bertz CT molecular complexity index is 806. The lowest BCUT2D eigenvalue weighted by Gasteiger charge is -2.12. The van der Waals surface area contributed by atoms with Gasteiger partial charge in [-0.05, 0) is 48.9 Å². The molecule has 1 N–H and O–H groups in total. The number of carbonyl (C=O) groups is 3. The number of amides is 3. The van der Waals surface area contributed by atoms with Gasteiger partial charge < -0.3 is 14.8 Å². The lowest BCUT2D eigenvalue weighted by Crippen LogP contribution is -2.39. The first-order valence-corrected chi connectivity index (χ1v) is 10.3. The molecule has 0 aromatic heterocycles. The highest BCUT2D eigenvalue weighted by Gasteiger charge is 2.36. The van der Waals surface area contributed by atoms with E-state index in [4.69, 9.17) is 9.47 Å². The number of nitrogens with zero attached hydrogens (tertiary/aromatic N) is 1. The van der Waals surface area contributed by atoms with Crippen LogP contribution < -0.4 is 14.8 Å². The number of hydrogen-bond donors (Lipinski definition) is 1. The topological polar surface area (TPSA) is 84.9 Å². The maximum atomic E-state index is 12.6.